The number of nitrogens with zero attached hydrogens (tertiary/aromatic N) is 2. The van der Waals surface area contributed by atoms with E-state index in [2.05, 4.69) is 27.5 Å². The maximum Gasteiger partial charge on any atom is 0.135 e. The van der Waals surface area contributed by atoms with E-state index in [1.165, 1.54) is 0 Å². The Bertz CT molecular complexity index is 464. The van der Waals surface area contributed by atoms with Crippen LogP contribution in [0.25, 0.3) is 0 Å². The molecule has 1 aromatic heterocycles. The summed E-state index contributed by atoms with van der Waals surface area (Å²) < 4.78 is 0. The maximum atomic E-state index is 10.3. The highest BCUT2D eigenvalue weighted by molar-refractivity contribution is 5.58. The minimum absolute atomic E-state index is 0.499. The second-order valence-electron chi connectivity index (χ2n) is 6.27. The monoisotopic (exact) mass is 280 g/mol. The average molecular weight is 280 g/mol. The molecule has 0 atom stereocenters. The second kappa shape index (κ2) is 5.95. The van der Waals surface area contributed by atoms with Gasteiger partial charge in [0, 0.05) is 19.0 Å². The number of nitrogens with one attached hydrogen (secondary N) is 2. The van der Waals surface area contributed by atoms with E-state index in [4.69, 9.17) is 0 Å². The minimum atomic E-state index is -0.866. The number of aliphatic hydroxyl groups is 1. The molecular weight excluding hydrogens is 252 g/mol. The first-order valence-corrected chi connectivity index (χ1v) is 7.18. The standard InChI is InChI=1S/C15H28N4O/c1-8-9-11-17-12(16-7)10(2)13(18-11)19-14(3,4)15(5,6)20/h20H,8-9H2,1-7H3,(H2,16,17,18,19). The SMILES string of the molecule is CCCc1nc(NC)c(C)c(NC(C)(C)C(C)(C)O)n1. The lowest BCUT2D eigenvalue weighted by atomic mass is 9.86. The molecule has 0 aromatic carbocycles. The summed E-state index contributed by atoms with van der Waals surface area (Å²) in [4.78, 5) is 9.10. The number of anilines is 2. The molecule has 0 bridgehead atoms. The molecule has 1 heterocycles. The molecule has 0 amide bonds. The van der Waals surface area contributed by atoms with Gasteiger partial charge >= 0.3 is 0 Å². The van der Waals surface area contributed by atoms with Crippen LogP contribution in [-0.2, 0) is 6.42 Å². The van der Waals surface area contributed by atoms with E-state index < -0.39 is 11.1 Å². The lowest BCUT2D eigenvalue weighted by Crippen LogP contribution is -2.51. The van der Waals surface area contributed by atoms with Gasteiger partial charge in [0.25, 0.3) is 0 Å². The number of hydrogen-bond acceptors (Lipinski definition) is 5. The van der Waals surface area contributed by atoms with Crippen molar-refractivity contribution in [3.63, 3.8) is 0 Å². The lowest BCUT2D eigenvalue weighted by Gasteiger charge is -2.39. The number of aryl methyl sites for hydroxylation is 1. The summed E-state index contributed by atoms with van der Waals surface area (Å²) in [5.74, 6) is 2.42. The first kappa shape index (κ1) is 16.7. The van der Waals surface area contributed by atoms with Crippen LogP contribution in [0.3, 0.4) is 0 Å². The van der Waals surface area contributed by atoms with Crippen molar-refractivity contribution in [3.05, 3.63) is 11.4 Å². The first-order chi connectivity index (χ1) is 9.12. The zero-order chi connectivity index (χ0) is 15.6. The van der Waals surface area contributed by atoms with Crippen LogP contribution in [0.5, 0.6) is 0 Å². The van der Waals surface area contributed by atoms with Crippen molar-refractivity contribution in [2.24, 2.45) is 0 Å². The molecule has 0 saturated heterocycles. The predicted octanol–water partition coefficient (Wildman–Crippen LogP) is 2.74. The van der Waals surface area contributed by atoms with Crippen molar-refractivity contribution in [1.29, 1.82) is 0 Å². The number of rotatable bonds is 6. The van der Waals surface area contributed by atoms with Crippen molar-refractivity contribution < 1.29 is 5.11 Å². The van der Waals surface area contributed by atoms with Crippen LogP contribution in [0.2, 0.25) is 0 Å². The van der Waals surface area contributed by atoms with Gasteiger partial charge in [-0.1, -0.05) is 6.92 Å². The minimum Gasteiger partial charge on any atom is -0.388 e. The predicted molar refractivity (Wildman–Crippen MR) is 84.3 cm³/mol. The van der Waals surface area contributed by atoms with Gasteiger partial charge in [-0.05, 0) is 41.0 Å². The van der Waals surface area contributed by atoms with E-state index in [0.717, 1.165) is 35.9 Å². The van der Waals surface area contributed by atoms with E-state index >= 15 is 0 Å². The van der Waals surface area contributed by atoms with Gasteiger partial charge in [0.15, 0.2) is 0 Å². The van der Waals surface area contributed by atoms with Crippen LogP contribution >= 0.6 is 0 Å². The molecule has 0 radical (unpaired) electrons. The van der Waals surface area contributed by atoms with Gasteiger partial charge in [-0.3, -0.25) is 0 Å². The third kappa shape index (κ3) is 3.60. The van der Waals surface area contributed by atoms with Crippen molar-refractivity contribution in [2.45, 2.75) is 65.5 Å². The molecule has 0 aliphatic rings. The van der Waals surface area contributed by atoms with E-state index in [1.807, 2.05) is 27.8 Å². The topological polar surface area (TPSA) is 70.1 Å². The Morgan fingerprint density at radius 2 is 1.65 bits per heavy atom. The maximum absolute atomic E-state index is 10.3. The summed E-state index contributed by atoms with van der Waals surface area (Å²) in [5.41, 5.74) is -0.403. The smallest absolute Gasteiger partial charge is 0.135 e. The molecule has 0 unspecified atom stereocenters. The van der Waals surface area contributed by atoms with Crippen molar-refractivity contribution >= 4 is 11.6 Å². The molecule has 1 aromatic rings. The van der Waals surface area contributed by atoms with Crippen LogP contribution in [0, 0.1) is 6.92 Å². The van der Waals surface area contributed by atoms with Gasteiger partial charge in [-0.2, -0.15) is 0 Å². The summed E-state index contributed by atoms with van der Waals surface area (Å²) in [6.45, 7) is 11.6. The largest absolute Gasteiger partial charge is 0.388 e. The van der Waals surface area contributed by atoms with Crippen molar-refractivity contribution in [1.82, 2.24) is 9.97 Å². The average Bonchev–Trinajstić information content (AvgIpc) is 2.31. The van der Waals surface area contributed by atoms with Crippen molar-refractivity contribution in [2.75, 3.05) is 17.7 Å². The van der Waals surface area contributed by atoms with Crippen LogP contribution in [0.4, 0.5) is 11.6 Å². The van der Waals surface area contributed by atoms with Crippen LogP contribution < -0.4 is 10.6 Å². The van der Waals surface area contributed by atoms with Gasteiger partial charge in [0.1, 0.15) is 17.5 Å². The fraction of sp³-hybridized carbons (Fsp3) is 0.733. The van der Waals surface area contributed by atoms with Gasteiger partial charge in [-0.15, -0.1) is 0 Å². The first-order valence-electron chi connectivity index (χ1n) is 7.18. The third-order valence-corrected chi connectivity index (χ3v) is 3.86. The Kier molecular flexibility index (Phi) is 4.97. The molecule has 0 fully saturated rings. The quantitative estimate of drug-likeness (QED) is 0.747. The molecule has 0 spiro atoms. The van der Waals surface area contributed by atoms with Gasteiger partial charge < -0.3 is 15.7 Å². The summed E-state index contributed by atoms with van der Waals surface area (Å²) in [6, 6.07) is 0. The Labute approximate surface area is 122 Å². The molecule has 3 N–H and O–H groups in total. The van der Waals surface area contributed by atoms with Gasteiger partial charge in [0.2, 0.25) is 0 Å². The molecule has 0 saturated carbocycles. The van der Waals surface area contributed by atoms with E-state index in [9.17, 15) is 5.11 Å². The fourth-order valence-electron chi connectivity index (χ4n) is 1.71. The summed E-state index contributed by atoms with van der Waals surface area (Å²) in [7, 11) is 1.86. The molecule has 0 aliphatic heterocycles. The fourth-order valence-corrected chi connectivity index (χ4v) is 1.71. The molecular formula is C15H28N4O. The zero-order valence-corrected chi connectivity index (χ0v) is 13.8. The van der Waals surface area contributed by atoms with Gasteiger partial charge in [0.05, 0.1) is 11.1 Å². The summed E-state index contributed by atoms with van der Waals surface area (Å²) in [5, 5.41) is 16.7. The van der Waals surface area contributed by atoms with E-state index in [0.29, 0.717) is 0 Å². The number of hydrogen-bond donors (Lipinski definition) is 3. The highest BCUT2D eigenvalue weighted by Crippen LogP contribution is 2.28. The molecule has 5 nitrogen and oxygen atoms in total. The molecule has 5 heteroatoms. The Hall–Kier alpha value is -1.36. The Morgan fingerprint density at radius 3 is 2.10 bits per heavy atom. The molecule has 1 rings (SSSR count). The third-order valence-electron chi connectivity index (χ3n) is 3.86. The normalized spacial score (nSPS) is 12.4. The van der Waals surface area contributed by atoms with Gasteiger partial charge in [-0.25, -0.2) is 9.97 Å². The zero-order valence-electron chi connectivity index (χ0n) is 13.8. The van der Waals surface area contributed by atoms with Crippen molar-refractivity contribution in [3.8, 4) is 0 Å². The van der Waals surface area contributed by atoms with E-state index in [1.54, 1.807) is 13.8 Å². The van der Waals surface area contributed by atoms with Crippen LogP contribution in [0.1, 0.15) is 52.4 Å². The molecule has 114 valence electrons. The Morgan fingerprint density at radius 1 is 1.10 bits per heavy atom. The Balaban J connectivity index is 3.20. The van der Waals surface area contributed by atoms with Crippen LogP contribution in [-0.4, -0.2) is 33.3 Å². The summed E-state index contributed by atoms with van der Waals surface area (Å²) >= 11 is 0. The second-order valence-corrected chi connectivity index (χ2v) is 6.27. The lowest BCUT2D eigenvalue weighted by molar-refractivity contribution is 0.0238. The van der Waals surface area contributed by atoms with E-state index in [-0.39, 0.29) is 0 Å². The number of aromatic nitrogens is 2. The molecule has 20 heavy (non-hydrogen) atoms. The molecule has 0 aliphatic carbocycles. The summed E-state index contributed by atoms with van der Waals surface area (Å²) in [6.07, 6.45) is 1.84. The highest BCUT2D eigenvalue weighted by atomic mass is 16.3. The highest BCUT2D eigenvalue weighted by Gasteiger charge is 2.35. The van der Waals surface area contributed by atoms with Crippen LogP contribution in [0.15, 0.2) is 0 Å².